The number of methoxy groups -OCH3 is 1. The molecule has 120 valence electrons. The second-order valence-corrected chi connectivity index (χ2v) is 5.13. The molecule has 24 heavy (non-hydrogen) atoms. The summed E-state index contributed by atoms with van der Waals surface area (Å²) in [4.78, 5) is 12.3. The van der Waals surface area contributed by atoms with Crippen molar-refractivity contribution in [2.45, 2.75) is 0 Å². The molecule has 0 aromatic heterocycles. The average Bonchev–Trinajstić information content (AvgIpc) is 2.63. The third-order valence-corrected chi connectivity index (χ3v) is 3.42. The van der Waals surface area contributed by atoms with E-state index in [4.69, 9.17) is 9.47 Å². The van der Waals surface area contributed by atoms with Gasteiger partial charge in [-0.1, -0.05) is 24.3 Å². The summed E-state index contributed by atoms with van der Waals surface area (Å²) in [5.74, 6) is 1.93. The van der Waals surface area contributed by atoms with Crippen LogP contribution in [0.1, 0.15) is 10.4 Å². The fourth-order valence-corrected chi connectivity index (χ4v) is 2.21. The molecule has 3 aromatic rings. The predicted molar refractivity (Wildman–Crippen MR) is 93.9 cm³/mol. The van der Waals surface area contributed by atoms with Crippen molar-refractivity contribution >= 4 is 11.6 Å². The number of carbonyl (C=O) groups is 1. The molecule has 0 spiro atoms. The first kappa shape index (κ1) is 15.6. The molecule has 0 heterocycles. The van der Waals surface area contributed by atoms with Crippen molar-refractivity contribution in [1.29, 1.82) is 0 Å². The Kier molecular flexibility index (Phi) is 4.77. The van der Waals surface area contributed by atoms with Gasteiger partial charge in [0, 0.05) is 17.3 Å². The maximum absolute atomic E-state index is 12.3. The smallest absolute Gasteiger partial charge is 0.255 e. The van der Waals surface area contributed by atoms with E-state index in [1.165, 1.54) is 0 Å². The lowest BCUT2D eigenvalue weighted by atomic mass is 10.2. The Morgan fingerprint density at radius 1 is 0.792 bits per heavy atom. The third-order valence-electron chi connectivity index (χ3n) is 3.42. The number of nitrogens with one attached hydrogen (secondary N) is 1. The third kappa shape index (κ3) is 3.93. The SMILES string of the molecule is COc1ccc(C(=O)Nc2cccc(Oc3ccccc3)c2)cc1. The summed E-state index contributed by atoms with van der Waals surface area (Å²) in [6.07, 6.45) is 0. The summed E-state index contributed by atoms with van der Waals surface area (Å²) in [6, 6.07) is 23.7. The summed E-state index contributed by atoms with van der Waals surface area (Å²) >= 11 is 0. The van der Waals surface area contributed by atoms with Gasteiger partial charge < -0.3 is 14.8 Å². The lowest BCUT2D eigenvalue weighted by Crippen LogP contribution is -2.11. The second kappa shape index (κ2) is 7.33. The number of rotatable bonds is 5. The van der Waals surface area contributed by atoms with Gasteiger partial charge in [-0.05, 0) is 48.5 Å². The second-order valence-electron chi connectivity index (χ2n) is 5.13. The molecule has 1 N–H and O–H groups in total. The Morgan fingerprint density at radius 3 is 2.21 bits per heavy atom. The van der Waals surface area contributed by atoms with Crippen molar-refractivity contribution in [2.75, 3.05) is 12.4 Å². The van der Waals surface area contributed by atoms with Crippen LogP contribution >= 0.6 is 0 Å². The normalized spacial score (nSPS) is 10.0. The molecule has 0 atom stereocenters. The summed E-state index contributed by atoms with van der Waals surface area (Å²) < 4.78 is 10.9. The number of amides is 1. The van der Waals surface area contributed by atoms with Crippen molar-refractivity contribution in [3.8, 4) is 17.2 Å². The zero-order valence-corrected chi connectivity index (χ0v) is 13.2. The number of anilines is 1. The number of para-hydroxylation sites is 1. The molecule has 4 heteroatoms. The minimum absolute atomic E-state index is 0.186. The first-order valence-corrected chi connectivity index (χ1v) is 7.53. The highest BCUT2D eigenvalue weighted by Crippen LogP contribution is 2.24. The summed E-state index contributed by atoms with van der Waals surface area (Å²) in [5.41, 5.74) is 1.23. The van der Waals surface area contributed by atoms with Crippen molar-refractivity contribution in [2.24, 2.45) is 0 Å². The number of benzene rings is 3. The Balaban J connectivity index is 1.70. The zero-order chi connectivity index (χ0) is 16.8. The quantitative estimate of drug-likeness (QED) is 0.739. The molecule has 1 amide bonds. The molecule has 0 radical (unpaired) electrons. The number of ether oxygens (including phenoxy) is 2. The Morgan fingerprint density at radius 2 is 1.50 bits per heavy atom. The minimum Gasteiger partial charge on any atom is -0.497 e. The molecule has 4 nitrogen and oxygen atoms in total. The van der Waals surface area contributed by atoms with Crippen molar-refractivity contribution in [3.05, 3.63) is 84.4 Å². The van der Waals surface area contributed by atoms with Crippen LogP contribution < -0.4 is 14.8 Å². The average molecular weight is 319 g/mol. The molecule has 0 aliphatic carbocycles. The fraction of sp³-hybridized carbons (Fsp3) is 0.0500. The molecule has 0 fully saturated rings. The number of hydrogen-bond acceptors (Lipinski definition) is 3. The van der Waals surface area contributed by atoms with Gasteiger partial charge in [0.1, 0.15) is 17.2 Å². The number of hydrogen-bond donors (Lipinski definition) is 1. The van der Waals surface area contributed by atoms with E-state index in [0.717, 1.165) is 5.75 Å². The fourth-order valence-electron chi connectivity index (χ4n) is 2.21. The maximum atomic E-state index is 12.3. The van der Waals surface area contributed by atoms with Crippen LogP contribution in [0.3, 0.4) is 0 Å². The van der Waals surface area contributed by atoms with E-state index in [1.54, 1.807) is 37.4 Å². The first-order chi connectivity index (χ1) is 11.7. The lowest BCUT2D eigenvalue weighted by molar-refractivity contribution is 0.102. The van der Waals surface area contributed by atoms with E-state index in [9.17, 15) is 4.79 Å². The first-order valence-electron chi connectivity index (χ1n) is 7.53. The predicted octanol–water partition coefficient (Wildman–Crippen LogP) is 4.74. The van der Waals surface area contributed by atoms with Gasteiger partial charge in [0.2, 0.25) is 0 Å². The molecular formula is C20H17NO3. The van der Waals surface area contributed by atoms with Crippen LogP contribution in [0, 0.1) is 0 Å². The Bertz CT molecular complexity index is 814. The van der Waals surface area contributed by atoms with Crippen LogP contribution in [0.4, 0.5) is 5.69 Å². The van der Waals surface area contributed by atoms with E-state index >= 15 is 0 Å². The van der Waals surface area contributed by atoms with E-state index in [0.29, 0.717) is 22.7 Å². The van der Waals surface area contributed by atoms with Gasteiger partial charge >= 0.3 is 0 Å². The highest BCUT2D eigenvalue weighted by atomic mass is 16.5. The van der Waals surface area contributed by atoms with Gasteiger partial charge in [-0.25, -0.2) is 0 Å². The monoisotopic (exact) mass is 319 g/mol. The van der Waals surface area contributed by atoms with Gasteiger partial charge in [0.05, 0.1) is 7.11 Å². The molecule has 3 aromatic carbocycles. The van der Waals surface area contributed by atoms with E-state index in [2.05, 4.69) is 5.32 Å². The maximum Gasteiger partial charge on any atom is 0.255 e. The lowest BCUT2D eigenvalue weighted by Gasteiger charge is -2.09. The van der Waals surface area contributed by atoms with Crippen molar-refractivity contribution in [3.63, 3.8) is 0 Å². The largest absolute Gasteiger partial charge is 0.497 e. The van der Waals surface area contributed by atoms with Gasteiger partial charge in [-0.15, -0.1) is 0 Å². The van der Waals surface area contributed by atoms with Crippen LogP contribution in [0.25, 0.3) is 0 Å². The highest BCUT2D eigenvalue weighted by Gasteiger charge is 2.07. The van der Waals surface area contributed by atoms with Crippen LogP contribution in [0.5, 0.6) is 17.2 Å². The molecule has 0 unspecified atom stereocenters. The van der Waals surface area contributed by atoms with E-state index in [1.807, 2.05) is 48.5 Å². The Hall–Kier alpha value is -3.27. The standard InChI is InChI=1S/C20H17NO3/c1-23-17-12-10-15(11-13-17)20(22)21-16-6-5-9-19(14-16)24-18-7-3-2-4-8-18/h2-14H,1H3,(H,21,22). The van der Waals surface area contributed by atoms with E-state index in [-0.39, 0.29) is 5.91 Å². The highest BCUT2D eigenvalue weighted by molar-refractivity contribution is 6.04. The van der Waals surface area contributed by atoms with Crippen LogP contribution in [-0.2, 0) is 0 Å². The van der Waals surface area contributed by atoms with Crippen molar-refractivity contribution < 1.29 is 14.3 Å². The van der Waals surface area contributed by atoms with E-state index < -0.39 is 0 Å². The summed E-state index contributed by atoms with van der Waals surface area (Å²) in [5, 5.41) is 2.86. The van der Waals surface area contributed by atoms with Crippen molar-refractivity contribution in [1.82, 2.24) is 0 Å². The summed E-state index contributed by atoms with van der Waals surface area (Å²) in [7, 11) is 1.59. The molecule has 0 aliphatic heterocycles. The topological polar surface area (TPSA) is 47.6 Å². The summed E-state index contributed by atoms with van der Waals surface area (Å²) in [6.45, 7) is 0. The minimum atomic E-state index is -0.186. The zero-order valence-electron chi connectivity index (χ0n) is 13.2. The molecule has 3 rings (SSSR count). The van der Waals surface area contributed by atoms with Gasteiger partial charge in [-0.2, -0.15) is 0 Å². The van der Waals surface area contributed by atoms with Crippen LogP contribution in [-0.4, -0.2) is 13.0 Å². The van der Waals surface area contributed by atoms with Gasteiger partial charge in [-0.3, -0.25) is 4.79 Å². The Labute approximate surface area is 140 Å². The molecule has 0 aliphatic rings. The van der Waals surface area contributed by atoms with Crippen LogP contribution in [0.2, 0.25) is 0 Å². The molecule has 0 saturated heterocycles. The van der Waals surface area contributed by atoms with Gasteiger partial charge in [0.25, 0.3) is 5.91 Å². The van der Waals surface area contributed by atoms with Crippen LogP contribution in [0.15, 0.2) is 78.9 Å². The van der Waals surface area contributed by atoms with Gasteiger partial charge in [0.15, 0.2) is 0 Å². The molecule has 0 bridgehead atoms. The molecule has 0 saturated carbocycles. The molecular weight excluding hydrogens is 302 g/mol. The number of carbonyl (C=O) groups excluding carboxylic acids is 1.